The fourth-order valence-electron chi connectivity index (χ4n) is 2.50. The summed E-state index contributed by atoms with van der Waals surface area (Å²) in [6.45, 7) is 4.46. The van der Waals surface area contributed by atoms with Crippen LogP contribution in [-0.2, 0) is 11.3 Å². The first kappa shape index (κ1) is 15.5. The van der Waals surface area contributed by atoms with Crippen molar-refractivity contribution in [1.29, 1.82) is 0 Å². The number of carbonyl (C=O) groups excluding carboxylic acids is 2. The number of rotatable bonds is 6. The van der Waals surface area contributed by atoms with Gasteiger partial charge in [0.15, 0.2) is 0 Å². The Morgan fingerprint density at radius 3 is 2.62 bits per heavy atom. The molecule has 1 aromatic rings. The van der Waals surface area contributed by atoms with Crippen molar-refractivity contribution in [1.82, 2.24) is 15.5 Å². The van der Waals surface area contributed by atoms with Crippen molar-refractivity contribution in [3.63, 3.8) is 0 Å². The van der Waals surface area contributed by atoms with Gasteiger partial charge in [-0.15, -0.1) is 0 Å². The van der Waals surface area contributed by atoms with E-state index in [2.05, 4.69) is 17.6 Å². The number of nitrogens with zero attached hydrogens (tertiary/aromatic N) is 1. The maximum absolute atomic E-state index is 11.6. The molecule has 2 rings (SSSR count). The van der Waals surface area contributed by atoms with Crippen molar-refractivity contribution in [2.24, 2.45) is 0 Å². The molecule has 0 saturated carbocycles. The molecule has 1 aliphatic heterocycles. The summed E-state index contributed by atoms with van der Waals surface area (Å²) in [5.41, 5.74) is 1.79. The molecule has 21 heavy (non-hydrogen) atoms. The van der Waals surface area contributed by atoms with Gasteiger partial charge >= 0.3 is 0 Å². The summed E-state index contributed by atoms with van der Waals surface area (Å²) in [6.07, 6.45) is 1.67. The van der Waals surface area contributed by atoms with Crippen LogP contribution in [0.15, 0.2) is 24.3 Å². The van der Waals surface area contributed by atoms with Gasteiger partial charge in [-0.2, -0.15) is 0 Å². The third-order valence-corrected chi connectivity index (χ3v) is 3.76. The SMILES string of the molecule is CNC(=O)c1ccc(CNC(C)CN2CCCC2=O)cc1. The highest BCUT2D eigenvalue weighted by atomic mass is 16.2. The average molecular weight is 289 g/mol. The van der Waals surface area contributed by atoms with E-state index in [0.29, 0.717) is 12.0 Å². The van der Waals surface area contributed by atoms with Crippen molar-refractivity contribution >= 4 is 11.8 Å². The quantitative estimate of drug-likeness (QED) is 0.826. The van der Waals surface area contributed by atoms with Gasteiger partial charge in [-0.25, -0.2) is 0 Å². The number of benzene rings is 1. The zero-order valence-corrected chi connectivity index (χ0v) is 12.7. The molecule has 1 atom stereocenters. The lowest BCUT2D eigenvalue weighted by atomic mass is 10.1. The molecule has 5 nitrogen and oxygen atoms in total. The van der Waals surface area contributed by atoms with Crippen molar-refractivity contribution in [2.75, 3.05) is 20.1 Å². The summed E-state index contributed by atoms with van der Waals surface area (Å²) in [5.74, 6) is 0.189. The highest BCUT2D eigenvalue weighted by Crippen LogP contribution is 2.10. The van der Waals surface area contributed by atoms with Crippen LogP contribution in [0.3, 0.4) is 0 Å². The standard InChI is InChI=1S/C16H23N3O2/c1-12(11-19-9-3-4-15(19)20)18-10-13-5-7-14(8-6-13)16(21)17-2/h5-8,12,18H,3-4,9-11H2,1-2H3,(H,17,21). The zero-order chi connectivity index (χ0) is 15.2. The summed E-state index contributed by atoms with van der Waals surface area (Å²) >= 11 is 0. The Labute approximate surface area is 125 Å². The fourth-order valence-corrected chi connectivity index (χ4v) is 2.50. The van der Waals surface area contributed by atoms with Crippen LogP contribution < -0.4 is 10.6 Å². The minimum absolute atomic E-state index is 0.0737. The molecule has 1 heterocycles. The van der Waals surface area contributed by atoms with Gasteiger partial charge in [0.05, 0.1) is 0 Å². The molecule has 1 aliphatic rings. The average Bonchev–Trinajstić information content (AvgIpc) is 2.90. The molecule has 1 fully saturated rings. The monoisotopic (exact) mass is 289 g/mol. The Bertz CT molecular complexity index is 499. The fraction of sp³-hybridized carbons (Fsp3) is 0.500. The predicted molar refractivity (Wildman–Crippen MR) is 81.9 cm³/mol. The molecule has 0 aliphatic carbocycles. The summed E-state index contributed by atoms with van der Waals surface area (Å²) in [4.78, 5) is 24.9. The van der Waals surface area contributed by atoms with Crippen LogP contribution in [-0.4, -0.2) is 42.9 Å². The van der Waals surface area contributed by atoms with Crippen molar-refractivity contribution in [3.05, 3.63) is 35.4 Å². The van der Waals surface area contributed by atoms with Crippen LogP contribution in [0.2, 0.25) is 0 Å². The molecule has 0 aromatic heterocycles. The second-order valence-corrected chi connectivity index (χ2v) is 5.50. The van der Waals surface area contributed by atoms with Gasteiger partial charge in [0.1, 0.15) is 0 Å². The van der Waals surface area contributed by atoms with Gasteiger partial charge in [0.2, 0.25) is 5.91 Å². The Hall–Kier alpha value is -1.88. The van der Waals surface area contributed by atoms with Crippen LogP contribution in [0.1, 0.15) is 35.7 Å². The predicted octanol–water partition coefficient (Wildman–Crippen LogP) is 1.15. The molecular weight excluding hydrogens is 266 g/mol. The van der Waals surface area contributed by atoms with Gasteiger partial charge < -0.3 is 15.5 Å². The van der Waals surface area contributed by atoms with Gasteiger partial charge in [-0.05, 0) is 31.0 Å². The molecule has 2 N–H and O–H groups in total. The Morgan fingerprint density at radius 2 is 2.05 bits per heavy atom. The van der Waals surface area contributed by atoms with E-state index in [9.17, 15) is 9.59 Å². The third-order valence-electron chi connectivity index (χ3n) is 3.76. The number of amides is 2. The lowest BCUT2D eigenvalue weighted by Crippen LogP contribution is -2.39. The number of hydrogen-bond acceptors (Lipinski definition) is 3. The lowest BCUT2D eigenvalue weighted by molar-refractivity contribution is -0.127. The molecule has 2 amide bonds. The molecule has 0 spiro atoms. The second-order valence-electron chi connectivity index (χ2n) is 5.50. The van der Waals surface area contributed by atoms with E-state index in [1.54, 1.807) is 7.05 Å². The zero-order valence-electron chi connectivity index (χ0n) is 12.7. The first-order valence-corrected chi connectivity index (χ1v) is 7.42. The first-order chi connectivity index (χ1) is 10.1. The van der Waals surface area contributed by atoms with Gasteiger partial charge in [0, 0.05) is 44.7 Å². The van der Waals surface area contributed by atoms with E-state index in [1.165, 1.54) is 0 Å². The number of carbonyl (C=O) groups is 2. The van der Waals surface area contributed by atoms with Crippen LogP contribution in [0.4, 0.5) is 0 Å². The number of likely N-dealkylation sites (tertiary alicyclic amines) is 1. The van der Waals surface area contributed by atoms with Crippen LogP contribution >= 0.6 is 0 Å². The number of hydrogen-bond donors (Lipinski definition) is 2. The molecule has 5 heteroatoms. The van der Waals surface area contributed by atoms with E-state index in [4.69, 9.17) is 0 Å². The van der Waals surface area contributed by atoms with Crippen LogP contribution in [0.5, 0.6) is 0 Å². The smallest absolute Gasteiger partial charge is 0.251 e. The van der Waals surface area contributed by atoms with E-state index in [0.717, 1.165) is 31.6 Å². The van der Waals surface area contributed by atoms with Gasteiger partial charge in [-0.1, -0.05) is 12.1 Å². The lowest BCUT2D eigenvalue weighted by Gasteiger charge is -2.21. The Balaban J connectivity index is 1.79. The maximum Gasteiger partial charge on any atom is 0.251 e. The second kappa shape index (κ2) is 7.22. The number of nitrogens with one attached hydrogen (secondary N) is 2. The largest absolute Gasteiger partial charge is 0.355 e. The van der Waals surface area contributed by atoms with Crippen molar-refractivity contribution in [3.8, 4) is 0 Å². The summed E-state index contributed by atoms with van der Waals surface area (Å²) in [5, 5.41) is 6.02. The first-order valence-electron chi connectivity index (χ1n) is 7.42. The minimum Gasteiger partial charge on any atom is -0.355 e. The summed E-state index contributed by atoms with van der Waals surface area (Å²) < 4.78 is 0. The molecule has 0 radical (unpaired) electrons. The van der Waals surface area contributed by atoms with Gasteiger partial charge in [-0.3, -0.25) is 9.59 Å². The normalized spacial score (nSPS) is 16.1. The molecule has 1 aromatic carbocycles. The minimum atomic E-state index is -0.0737. The maximum atomic E-state index is 11.6. The molecule has 1 saturated heterocycles. The van der Waals surface area contributed by atoms with E-state index >= 15 is 0 Å². The third kappa shape index (κ3) is 4.29. The summed E-state index contributed by atoms with van der Waals surface area (Å²) in [7, 11) is 1.62. The molecular formula is C16H23N3O2. The van der Waals surface area contributed by atoms with Crippen molar-refractivity contribution < 1.29 is 9.59 Å². The topological polar surface area (TPSA) is 61.4 Å². The summed E-state index contributed by atoms with van der Waals surface area (Å²) in [6, 6.07) is 7.80. The van der Waals surface area contributed by atoms with E-state index in [-0.39, 0.29) is 17.9 Å². The van der Waals surface area contributed by atoms with E-state index in [1.807, 2.05) is 29.2 Å². The van der Waals surface area contributed by atoms with Crippen LogP contribution in [0, 0.1) is 0 Å². The van der Waals surface area contributed by atoms with Gasteiger partial charge in [0.25, 0.3) is 5.91 Å². The Kier molecular flexibility index (Phi) is 5.33. The van der Waals surface area contributed by atoms with Crippen molar-refractivity contribution in [2.45, 2.75) is 32.4 Å². The van der Waals surface area contributed by atoms with E-state index < -0.39 is 0 Å². The highest BCUT2D eigenvalue weighted by Gasteiger charge is 2.21. The molecule has 114 valence electrons. The highest BCUT2D eigenvalue weighted by molar-refractivity contribution is 5.93. The molecule has 1 unspecified atom stereocenters. The van der Waals surface area contributed by atoms with Crippen LogP contribution in [0.25, 0.3) is 0 Å². The molecule has 0 bridgehead atoms. The Morgan fingerprint density at radius 1 is 1.33 bits per heavy atom.